The number of hydrogen-bond acceptors (Lipinski definition) is 6. The Morgan fingerprint density at radius 3 is 2.45 bits per heavy atom. The van der Waals surface area contributed by atoms with Crippen LogP contribution in [0.5, 0.6) is 5.75 Å². The lowest BCUT2D eigenvalue weighted by Gasteiger charge is -2.20. The number of phenolic OH excluding ortho intramolecular Hbond substituents is 1. The summed E-state index contributed by atoms with van der Waals surface area (Å²) < 4.78 is 16.2. The number of hydrogen-bond donors (Lipinski definition) is 1. The summed E-state index contributed by atoms with van der Waals surface area (Å²) in [6, 6.07) is 22.2. The van der Waals surface area contributed by atoms with E-state index in [4.69, 9.17) is 14.2 Å². The topological polar surface area (TPSA) is 85.3 Å². The highest BCUT2D eigenvalue weighted by atomic mass is 16.7. The Balaban J connectivity index is 0.000000283. The normalized spacial score (nSPS) is 17.4. The third-order valence-electron chi connectivity index (χ3n) is 6.47. The third kappa shape index (κ3) is 6.68. The van der Waals surface area contributed by atoms with Gasteiger partial charge >= 0.3 is 6.09 Å². The maximum Gasteiger partial charge on any atom is 0.417 e. The fraction of sp³-hybridized carbons (Fsp3) is 0.290. The van der Waals surface area contributed by atoms with Crippen LogP contribution in [0.15, 0.2) is 78.9 Å². The minimum Gasteiger partial charge on any atom is -0.508 e. The average molecular weight is 516 g/mol. The highest BCUT2D eigenvalue weighted by molar-refractivity contribution is 5.93. The van der Waals surface area contributed by atoms with Gasteiger partial charge in [-0.3, -0.25) is 4.79 Å². The van der Waals surface area contributed by atoms with Crippen LogP contribution in [-0.4, -0.2) is 41.8 Å². The molecule has 3 aromatic rings. The number of carbonyl (C=O) groups is 2. The number of aromatic hydroxyl groups is 1. The Hall–Kier alpha value is -3.94. The summed E-state index contributed by atoms with van der Waals surface area (Å²) >= 11 is 0. The standard InChI is InChI=1S/C21H21NO6.C10H12/c23-16-8-6-14(17(12-16)20-26-10-11-27-20)7-9-19(24)22-18(13-28-21(22)25)15-4-2-1-3-5-15;1-3-6-10-8-5-4-7-9(10)2/h1-6,8,12,18,20,23H,7,9-11,13H2;3-8H,1-2H3/b;6-3-. The smallest absolute Gasteiger partial charge is 0.417 e. The van der Waals surface area contributed by atoms with Crippen LogP contribution in [0.2, 0.25) is 0 Å². The van der Waals surface area contributed by atoms with E-state index in [0.717, 1.165) is 11.1 Å². The molecule has 2 heterocycles. The summed E-state index contributed by atoms with van der Waals surface area (Å²) in [6.45, 7) is 5.28. The number of imide groups is 1. The predicted octanol–water partition coefficient (Wildman–Crippen LogP) is 6.12. The number of rotatable bonds is 6. The van der Waals surface area contributed by atoms with Gasteiger partial charge in [0.1, 0.15) is 18.4 Å². The first-order chi connectivity index (χ1) is 18.5. The predicted molar refractivity (Wildman–Crippen MR) is 144 cm³/mol. The molecule has 198 valence electrons. The van der Waals surface area contributed by atoms with Gasteiger partial charge in [0, 0.05) is 12.0 Å². The van der Waals surface area contributed by atoms with Crippen LogP contribution in [0.1, 0.15) is 53.5 Å². The molecular formula is C31H33NO6. The fourth-order valence-electron chi connectivity index (χ4n) is 4.50. The molecule has 3 aromatic carbocycles. The SMILES string of the molecule is C/C=C\c1ccccc1C.O=C(CCc1ccc(O)cc1C1OCCO1)N1C(=O)OCC1c1ccccc1. The van der Waals surface area contributed by atoms with Crippen LogP contribution in [-0.2, 0) is 25.4 Å². The number of amides is 2. The lowest BCUT2D eigenvalue weighted by Crippen LogP contribution is -2.34. The van der Waals surface area contributed by atoms with Crippen LogP contribution in [0.25, 0.3) is 6.08 Å². The van der Waals surface area contributed by atoms with Crippen molar-refractivity contribution in [1.29, 1.82) is 0 Å². The van der Waals surface area contributed by atoms with Crippen LogP contribution in [0, 0.1) is 6.92 Å². The molecule has 38 heavy (non-hydrogen) atoms. The number of carbonyl (C=O) groups excluding carboxylic acids is 2. The number of benzene rings is 3. The highest BCUT2D eigenvalue weighted by Crippen LogP contribution is 2.32. The van der Waals surface area contributed by atoms with Crippen molar-refractivity contribution in [3.8, 4) is 5.75 Å². The van der Waals surface area contributed by atoms with Gasteiger partial charge in [-0.25, -0.2) is 9.69 Å². The molecule has 0 bridgehead atoms. The lowest BCUT2D eigenvalue weighted by molar-refractivity contribution is -0.129. The summed E-state index contributed by atoms with van der Waals surface area (Å²) in [5.74, 6) is -0.194. The van der Waals surface area contributed by atoms with Gasteiger partial charge in [0.15, 0.2) is 6.29 Å². The lowest BCUT2D eigenvalue weighted by atomic mass is 10.0. The van der Waals surface area contributed by atoms with E-state index < -0.39 is 18.4 Å². The molecule has 2 amide bonds. The number of ether oxygens (including phenoxy) is 3. The third-order valence-corrected chi connectivity index (χ3v) is 6.47. The second-order valence-corrected chi connectivity index (χ2v) is 9.08. The van der Waals surface area contributed by atoms with E-state index >= 15 is 0 Å². The van der Waals surface area contributed by atoms with Gasteiger partial charge in [-0.2, -0.15) is 0 Å². The van der Waals surface area contributed by atoms with Gasteiger partial charge in [-0.1, -0.05) is 72.8 Å². The molecule has 0 aromatic heterocycles. The van der Waals surface area contributed by atoms with E-state index in [1.54, 1.807) is 18.2 Å². The number of cyclic esters (lactones) is 1. The van der Waals surface area contributed by atoms with Crippen LogP contribution in [0.4, 0.5) is 4.79 Å². The Kier molecular flexibility index (Phi) is 9.30. The van der Waals surface area contributed by atoms with Crippen molar-refractivity contribution in [2.24, 2.45) is 0 Å². The first-order valence-corrected chi connectivity index (χ1v) is 12.7. The van der Waals surface area contributed by atoms with Crippen molar-refractivity contribution >= 4 is 18.1 Å². The van der Waals surface area contributed by atoms with Crippen LogP contribution in [0.3, 0.4) is 0 Å². The molecule has 2 aliphatic heterocycles. The molecule has 1 atom stereocenters. The molecule has 2 saturated heterocycles. The molecule has 5 rings (SSSR count). The molecule has 0 spiro atoms. The summed E-state index contributed by atoms with van der Waals surface area (Å²) in [5.41, 5.74) is 5.04. The number of phenols is 1. The van der Waals surface area contributed by atoms with E-state index in [-0.39, 0.29) is 24.7 Å². The van der Waals surface area contributed by atoms with Gasteiger partial charge in [-0.05, 0) is 54.7 Å². The molecule has 1 unspecified atom stereocenters. The van der Waals surface area contributed by atoms with Gasteiger partial charge in [0.05, 0.1) is 13.2 Å². The molecule has 0 aliphatic carbocycles. The van der Waals surface area contributed by atoms with E-state index in [0.29, 0.717) is 25.2 Å². The number of nitrogens with zero attached hydrogens (tertiary/aromatic N) is 1. The molecule has 7 nitrogen and oxygen atoms in total. The molecular weight excluding hydrogens is 482 g/mol. The largest absolute Gasteiger partial charge is 0.508 e. The highest BCUT2D eigenvalue weighted by Gasteiger charge is 2.38. The maximum absolute atomic E-state index is 12.8. The van der Waals surface area contributed by atoms with E-state index in [1.807, 2.05) is 37.3 Å². The summed E-state index contributed by atoms with van der Waals surface area (Å²) in [7, 11) is 0. The van der Waals surface area contributed by atoms with E-state index in [9.17, 15) is 14.7 Å². The van der Waals surface area contributed by atoms with Gasteiger partial charge in [0.2, 0.25) is 5.91 Å². The average Bonchev–Trinajstić information content (AvgIpc) is 3.60. The van der Waals surface area contributed by atoms with E-state index in [2.05, 4.69) is 43.3 Å². The minimum absolute atomic E-state index is 0.108. The first kappa shape index (κ1) is 27.1. The number of aryl methyl sites for hydroxylation is 2. The van der Waals surface area contributed by atoms with Crippen molar-refractivity contribution in [2.45, 2.75) is 39.0 Å². The zero-order chi connectivity index (χ0) is 26.9. The molecule has 2 fully saturated rings. The quantitative estimate of drug-likeness (QED) is 0.426. The fourth-order valence-corrected chi connectivity index (χ4v) is 4.50. The monoisotopic (exact) mass is 515 g/mol. The zero-order valence-corrected chi connectivity index (χ0v) is 21.7. The van der Waals surface area contributed by atoms with Crippen LogP contribution < -0.4 is 0 Å². The van der Waals surface area contributed by atoms with Gasteiger partial charge < -0.3 is 19.3 Å². The minimum atomic E-state index is -0.618. The van der Waals surface area contributed by atoms with Crippen molar-refractivity contribution in [3.63, 3.8) is 0 Å². The van der Waals surface area contributed by atoms with Crippen molar-refractivity contribution in [2.75, 3.05) is 19.8 Å². The van der Waals surface area contributed by atoms with Crippen LogP contribution >= 0.6 is 0 Å². The first-order valence-electron chi connectivity index (χ1n) is 12.7. The van der Waals surface area contributed by atoms with Crippen molar-refractivity contribution < 1.29 is 28.9 Å². The summed E-state index contributed by atoms with van der Waals surface area (Å²) in [6.07, 6.45) is 3.53. The van der Waals surface area contributed by atoms with Gasteiger partial charge in [-0.15, -0.1) is 0 Å². The maximum atomic E-state index is 12.8. The Bertz CT molecular complexity index is 1270. The molecule has 7 heteroatoms. The molecule has 1 N–H and O–H groups in total. The van der Waals surface area contributed by atoms with Gasteiger partial charge in [0.25, 0.3) is 0 Å². The van der Waals surface area contributed by atoms with Crippen molar-refractivity contribution in [3.05, 3.63) is 107 Å². The summed E-state index contributed by atoms with van der Waals surface area (Å²) in [5, 5.41) is 9.80. The zero-order valence-electron chi connectivity index (χ0n) is 21.7. The van der Waals surface area contributed by atoms with Crippen molar-refractivity contribution in [1.82, 2.24) is 4.90 Å². The summed E-state index contributed by atoms with van der Waals surface area (Å²) in [4.78, 5) is 26.2. The Morgan fingerprint density at radius 2 is 1.74 bits per heavy atom. The Labute approximate surface area is 223 Å². The molecule has 0 saturated carbocycles. The second kappa shape index (κ2) is 13.0. The second-order valence-electron chi connectivity index (χ2n) is 9.08. The number of allylic oxidation sites excluding steroid dienone is 1. The van der Waals surface area contributed by atoms with E-state index in [1.165, 1.54) is 16.0 Å². The molecule has 0 radical (unpaired) electrons. The molecule has 2 aliphatic rings. The Morgan fingerprint density at radius 1 is 1.03 bits per heavy atom.